The van der Waals surface area contributed by atoms with Gasteiger partial charge in [0.25, 0.3) is 0 Å². The molecule has 0 aliphatic carbocycles. The fraction of sp³-hybridized carbons (Fsp3) is 0.800. The minimum absolute atomic E-state index is 0. The van der Waals surface area contributed by atoms with E-state index >= 15 is 0 Å². The summed E-state index contributed by atoms with van der Waals surface area (Å²) in [6, 6.07) is -0.683. The van der Waals surface area contributed by atoms with E-state index in [0.29, 0.717) is 6.42 Å². The largest absolute Gasteiger partial charge is 2.00 e. The fourth-order valence-electron chi connectivity index (χ4n) is 0.368. The van der Waals surface area contributed by atoms with Crippen LogP contribution in [0.3, 0.4) is 0 Å². The zero-order valence-electron chi connectivity index (χ0n) is 8.16. The van der Waals surface area contributed by atoms with Gasteiger partial charge in [0, 0.05) is 0 Å². The number of carbonyl (C=O) groups is 1. The Morgan fingerprint density at radius 3 is 2.13 bits per heavy atom. The molecule has 0 aromatic rings. The van der Waals surface area contributed by atoms with Gasteiger partial charge in [-0.3, -0.25) is 4.79 Å². The molecule has 0 aromatic carbocycles. The van der Waals surface area contributed by atoms with Crippen LogP contribution in [0.2, 0.25) is 0 Å². The maximum atomic E-state index is 10.1. The van der Waals surface area contributed by atoms with E-state index in [9.17, 15) is 4.79 Å². The van der Waals surface area contributed by atoms with Gasteiger partial charge in [0.05, 0.1) is 7.82 Å². The molecule has 86 valence electrons. The number of thioether (sulfide) groups is 1. The second-order valence-corrected chi connectivity index (χ2v) is 4.12. The summed E-state index contributed by atoms with van der Waals surface area (Å²) in [5.74, 6) is -0.1000. The van der Waals surface area contributed by atoms with E-state index in [1.165, 1.54) is 0 Å². The molecule has 0 fully saturated rings. The van der Waals surface area contributed by atoms with Crippen molar-refractivity contribution in [3.63, 3.8) is 0 Å². The van der Waals surface area contributed by atoms with Crippen molar-refractivity contribution < 1.29 is 29.1 Å². The second kappa shape index (κ2) is 11.6. The number of nitrogens with two attached hydrogens (primary N) is 1. The molecular weight excluding hydrogens is 273 g/mol. The zero-order valence-corrected chi connectivity index (χ0v) is 12.1. The molecule has 4 N–H and O–H groups in total. The average Bonchev–Trinajstić information content (AvgIpc) is 1.96. The third-order valence-electron chi connectivity index (χ3n) is 0.950. The molecule has 0 amide bonds. The van der Waals surface area contributed by atoms with Gasteiger partial charge < -0.3 is 30.1 Å². The molecule has 0 aliphatic heterocycles. The van der Waals surface area contributed by atoms with Gasteiger partial charge in [-0.15, -0.1) is 0 Å². The summed E-state index contributed by atoms with van der Waals surface area (Å²) in [5.41, 5.74) is 5.19. The van der Waals surface area contributed by atoms with E-state index in [0.717, 1.165) is 5.75 Å². The number of carboxylic acid groups (broad SMARTS) is 1. The maximum absolute atomic E-state index is 10.1. The Morgan fingerprint density at radius 1 is 1.60 bits per heavy atom. The van der Waals surface area contributed by atoms with Crippen molar-refractivity contribution in [2.45, 2.75) is 12.5 Å². The summed E-state index contributed by atoms with van der Waals surface area (Å²) < 4.78 is 8.66. The van der Waals surface area contributed by atoms with Crippen LogP contribution in [-0.4, -0.2) is 71.8 Å². The van der Waals surface area contributed by atoms with Crippen LogP contribution in [0, 0.1) is 0 Å². The molecule has 10 heteroatoms. The summed E-state index contributed by atoms with van der Waals surface area (Å²) in [6.07, 6.45) is 2.48. The molecule has 1 unspecified atom stereocenters. The van der Waals surface area contributed by atoms with Crippen LogP contribution in [0.1, 0.15) is 6.42 Å². The number of carboxylic acids is 1. The molecule has 15 heavy (non-hydrogen) atoms. The van der Waals surface area contributed by atoms with E-state index in [1.54, 1.807) is 11.8 Å². The standard InChI is InChI=1S/C5H11NO2S.Ca.H3O4P/c1-9-3-2-4(6)5(7)8;;1-5(2,3)4/h4H,2-3,6H2,1H3,(H,7,8);;(H3,1,2,3,4)/q;+2;/p-2. The van der Waals surface area contributed by atoms with Gasteiger partial charge in [0.2, 0.25) is 0 Å². The van der Waals surface area contributed by atoms with E-state index in [-0.39, 0.29) is 37.7 Å². The van der Waals surface area contributed by atoms with Crippen LogP contribution >= 0.6 is 19.6 Å². The molecule has 0 saturated heterocycles. The molecule has 0 aromatic heterocycles. The predicted octanol–water partition coefficient (Wildman–Crippen LogP) is -2.42. The smallest absolute Gasteiger partial charge is 0.790 e. The van der Waals surface area contributed by atoms with Gasteiger partial charge >= 0.3 is 43.7 Å². The van der Waals surface area contributed by atoms with Gasteiger partial charge in [-0.2, -0.15) is 11.8 Å². The molecule has 0 spiro atoms. The van der Waals surface area contributed by atoms with Crippen LogP contribution in [0.5, 0.6) is 0 Å². The SMILES string of the molecule is CSCCC(N)C(=O)O.O=P([O-])([O-])O.[Ca+2]. The monoisotopic (exact) mass is 285 g/mol. The van der Waals surface area contributed by atoms with Crippen molar-refractivity contribution in [3.8, 4) is 0 Å². The van der Waals surface area contributed by atoms with Crippen LogP contribution < -0.4 is 15.5 Å². The van der Waals surface area contributed by atoms with Crippen molar-refractivity contribution in [2.24, 2.45) is 5.73 Å². The topological polar surface area (TPSA) is 147 Å². The van der Waals surface area contributed by atoms with Crippen molar-refractivity contribution in [3.05, 3.63) is 0 Å². The van der Waals surface area contributed by atoms with Gasteiger partial charge in [-0.25, -0.2) is 0 Å². The first-order chi connectivity index (χ1) is 6.18. The zero-order chi connectivity index (χ0) is 11.8. The Labute approximate surface area is 122 Å². The average molecular weight is 285 g/mol. The Balaban J connectivity index is -0.000000208. The van der Waals surface area contributed by atoms with Crippen molar-refractivity contribution in [1.82, 2.24) is 0 Å². The molecule has 0 rings (SSSR count). The van der Waals surface area contributed by atoms with Crippen molar-refractivity contribution in [2.75, 3.05) is 12.0 Å². The minimum Gasteiger partial charge on any atom is -0.790 e. The molecular formula is C5H12CaNO6PS. The van der Waals surface area contributed by atoms with E-state index in [2.05, 4.69) is 0 Å². The number of hydrogen-bond acceptors (Lipinski definition) is 6. The third-order valence-corrected chi connectivity index (χ3v) is 1.59. The Hall–Kier alpha value is 1.15. The van der Waals surface area contributed by atoms with Crippen LogP contribution in [0.15, 0.2) is 0 Å². The Morgan fingerprint density at radius 2 is 1.93 bits per heavy atom. The molecule has 0 radical (unpaired) electrons. The Kier molecular flexibility index (Phi) is 16.6. The first-order valence-electron chi connectivity index (χ1n) is 3.40. The summed E-state index contributed by atoms with van der Waals surface area (Å²) in [6.45, 7) is 0. The number of aliphatic carboxylic acids is 1. The van der Waals surface area contributed by atoms with Crippen molar-refractivity contribution >= 4 is 63.3 Å². The molecule has 1 atom stereocenters. The number of rotatable bonds is 4. The normalized spacial score (nSPS) is 11.8. The Bertz CT molecular complexity index is 203. The third kappa shape index (κ3) is 31.3. The van der Waals surface area contributed by atoms with E-state index in [1.807, 2.05) is 6.26 Å². The predicted molar refractivity (Wildman–Crippen MR) is 54.2 cm³/mol. The van der Waals surface area contributed by atoms with Crippen molar-refractivity contribution in [1.29, 1.82) is 0 Å². The van der Waals surface area contributed by atoms with Gasteiger partial charge in [0.1, 0.15) is 6.04 Å². The van der Waals surface area contributed by atoms with Gasteiger partial charge in [-0.05, 0) is 18.4 Å². The quantitative estimate of drug-likeness (QED) is 0.382. The van der Waals surface area contributed by atoms with Crippen LogP contribution in [0.25, 0.3) is 0 Å². The number of hydrogen-bond donors (Lipinski definition) is 3. The van der Waals surface area contributed by atoms with E-state index < -0.39 is 19.8 Å². The van der Waals surface area contributed by atoms with Gasteiger partial charge in [0.15, 0.2) is 0 Å². The fourth-order valence-corrected chi connectivity index (χ4v) is 0.858. The summed E-state index contributed by atoms with van der Waals surface area (Å²) >= 11 is 1.60. The molecule has 0 bridgehead atoms. The molecule has 0 aliphatic rings. The summed E-state index contributed by atoms with van der Waals surface area (Å²) in [7, 11) is -5.14. The minimum atomic E-state index is -5.14. The molecule has 7 nitrogen and oxygen atoms in total. The van der Waals surface area contributed by atoms with E-state index in [4.69, 9.17) is 30.1 Å². The maximum Gasteiger partial charge on any atom is 2.00 e. The summed E-state index contributed by atoms with van der Waals surface area (Å²) in [5, 5.41) is 8.27. The molecule has 0 saturated carbocycles. The van der Waals surface area contributed by atoms with Gasteiger partial charge in [-0.1, -0.05) is 0 Å². The van der Waals surface area contributed by atoms with Crippen LogP contribution in [-0.2, 0) is 9.36 Å². The summed E-state index contributed by atoms with van der Waals surface area (Å²) in [4.78, 5) is 34.4. The molecule has 0 heterocycles. The first kappa shape index (κ1) is 21.4. The first-order valence-corrected chi connectivity index (χ1v) is 6.29. The second-order valence-electron chi connectivity index (χ2n) is 2.19. The number of phosphoric acid groups is 1. The van der Waals surface area contributed by atoms with Crippen LogP contribution in [0.4, 0.5) is 0 Å².